The second-order valence-corrected chi connectivity index (χ2v) is 5.13. The molecular formula is C12H12BrF3N2O3. The maximum absolute atomic E-state index is 12.4. The number of nitrogens with one attached hydrogen (secondary N) is 1. The third kappa shape index (κ3) is 6.03. The number of nitrogens with zero attached hydrogens (tertiary/aromatic N) is 1. The Bertz CT molecular complexity index is 549. The van der Waals surface area contributed by atoms with E-state index >= 15 is 0 Å². The van der Waals surface area contributed by atoms with E-state index in [-0.39, 0.29) is 10.6 Å². The topological polar surface area (TPSA) is 69.6 Å². The van der Waals surface area contributed by atoms with Gasteiger partial charge in [0.1, 0.15) is 13.1 Å². The number of carbonyl (C=O) groups is 2. The number of anilines is 1. The summed E-state index contributed by atoms with van der Waals surface area (Å²) in [4.78, 5) is 22.6. The molecule has 9 heteroatoms. The maximum atomic E-state index is 12.4. The lowest BCUT2D eigenvalue weighted by Gasteiger charge is -2.22. The standard InChI is InChI=1S/C12H12BrF3N2O3/c1-7-2-3-8(13)9(4-7)17-11(21)18(5-10(19)20)6-12(14,15)16/h2-4H,5-6H2,1H3,(H,17,21)(H,19,20). The van der Waals surface area contributed by atoms with E-state index in [9.17, 15) is 22.8 Å². The van der Waals surface area contributed by atoms with Crippen LogP contribution in [0.15, 0.2) is 22.7 Å². The lowest BCUT2D eigenvalue weighted by molar-refractivity contribution is -0.148. The molecule has 0 fully saturated rings. The fourth-order valence-corrected chi connectivity index (χ4v) is 1.85. The van der Waals surface area contributed by atoms with Gasteiger partial charge in [0.25, 0.3) is 0 Å². The van der Waals surface area contributed by atoms with E-state index in [1.807, 2.05) is 0 Å². The van der Waals surface area contributed by atoms with Crippen LogP contribution in [0.5, 0.6) is 0 Å². The molecule has 0 unspecified atom stereocenters. The number of urea groups is 1. The molecule has 1 rings (SSSR count). The molecular weight excluding hydrogens is 357 g/mol. The van der Waals surface area contributed by atoms with Gasteiger partial charge in [-0.2, -0.15) is 13.2 Å². The Morgan fingerprint density at radius 3 is 2.52 bits per heavy atom. The van der Waals surface area contributed by atoms with Gasteiger partial charge in [-0.25, -0.2) is 4.79 Å². The number of carboxylic acid groups (broad SMARTS) is 1. The summed E-state index contributed by atoms with van der Waals surface area (Å²) in [6.07, 6.45) is -4.68. The molecule has 0 aliphatic heterocycles. The van der Waals surface area contributed by atoms with Crippen molar-refractivity contribution in [1.29, 1.82) is 0 Å². The Morgan fingerprint density at radius 1 is 1.38 bits per heavy atom. The molecule has 0 atom stereocenters. The second kappa shape index (κ2) is 6.79. The van der Waals surface area contributed by atoms with Crippen molar-refractivity contribution in [2.75, 3.05) is 18.4 Å². The molecule has 0 aliphatic carbocycles. The van der Waals surface area contributed by atoms with E-state index in [2.05, 4.69) is 21.2 Å². The van der Waals surface area contributed by atoms with Gasteiger partial charge in [-0.1, -0.05) is 6.07 Å². The van der Waals surface area contributed by atoms with Crippen LogP contribution >= 0.6 is 15.9 Å². The zero-order valence-electron chi connectivity index (χ0n) is 10.9. The van der Waals surface area contributed by atoms with Gasteiger partial charge in [0.2, 0.25) is 0 Å². The highest BCUT2D eigenvalue weighted by Gasteiger charge is 2.34. The summed E-state index contributed by atoms with van der Waals surface area (Å²) in [5.74, 6) is -1.53. The van der Waals surface area contributed by atoms with E-state index in [1.165, 1.54) is 0 Å². The van der Waals surface area contributed by atoms with Gasteiger partial charge < -0.3 is 15.3 Å². The molecule has 0 saturated carbocycles. The molecule has 1 aromatic rings. The lowest BCUT2D eigenvalue weighted by Crippen LogP contribution is -2.44. The minimum Gasteiger partial charge on any atom is -0.480 e. The van der Waals surface area contributed by atoms with Crippen molar-refractivity contribution in [2.24, 2.45) is 0 Å². The Balaban J connectivity index is 2.89. The highest BCUT2D eigenvalue weighted by atomic mass is 79.9. The second-order valence-electron chi connectivity index (χ2n) is 4.28. The Kier molecular flexibility index (Phi) is 5.59. The summed E-state index contributed by atoms with van der Waals surface area (Å²) >= 11 is 3.15. The van der Waals surface area contributed by atoms with Crippen molar-refractivity contribution in [3.8, 4) is 0 Å². The van der Waals surface area contributed by atoms with Crippen LogP contribution in [0.3, 0.4) is 0 Å². The number of hydrogen-bond donors (Lipinski definition) is 2. The monoisotopic (exact) mass is 368 g/mol. The van der Waals surface area contributed by atoms with E-state index in [0.717, 1.165) is 5.56 Å². The van der Waals surface area contributed by atoms with Crippen molar-refractivity contribution in [1.82, 2.24) is 4.90 Å². The number of alkyl halides is 3. The number of halogens is 4. The highest BCUT2D eigenvalue weighted by Crippen LogP contribution is 2.24. The van der Waals surface area contributed by atoms with Gasteiger partial charge in [-0.15, -0.1) is 0 Å². The number of carbonyl (C=O) groups excluding carboxylic acids is 1. The van der Waals surface area contributed by atoms with E-state index < -0.39 is 31.3 Å². The Labute approximate surface area is 126 Å². The predicted molar refractivity (Wildman–Crippen MR) is 73.2 cm³/mol. The first-order chi connectivity index (χ1) is 9.58. The normalized spacial score (nSPS) is 11.1. The van der Waals surface area contributed by atoms with Crippen LogP contribution in [-0.4, -0.2) is 41.3 Å². The molecule has 0 heterocycles. The van der Waals surface area contributed by atoms with Crippen LogP contribution in [0.2, 0.25) is 0 Å². The van der Waals surface area contributed by atoms with Gasteiger partial charge >= 0.3 is 18.2 Å². The number of rotatable bonds is 4. The van der Waals surface area contributed by atoms with Crippen molar-refractivity contribution in [3.63, 3.8) is 0 Å². The molecule has 0 bridgehead atoms. The first kappa shape index (κ1) is 17.3. The summed E-state index contributed by atoms with van der Waals surface area (Å²) in [5.41, 5.74) is 1.05. The summed E-state index contributed by atoms with van der Waals surface area (Å²) in [7, 11) is 0. The first-order valence-corrected chi connectivity index (χ1v) is 6.48. The van der Waals surface area contributed by atoms with Crippen molar-refractivity contribution in [2.45, 2.75) is 13.1 Å². The average molecular weight is 369 g/mol. The van der Waals surface area contributed by atoms with Crippen LogP contribution in [-0.2, 0) is 4.79 Å². The summed E-state index contributed by atoms with van der Waals surface area (Å²) in [6, 6.07) is 3.77. The smallest absolute Gasteiger partial charge is 0.406 e. The van der Waals surface area contributed by atoms with Crippen LogP contribution < -0.4 is 5.32 Å². The van der Waals surface area contributed by atoms with Crippen LogP contribution in [0.1, 0.15) is 5.56 Å². The SMILES string of the molecule is Cc1ccc(Br)c(NC(=O)N(CC(=O)O)CC(F)(F)F)c1. The Morgan fingerprint density at radius 2 is 2.00 bits per heavy atom. The summed E-state index contributed by atoms with van der Waals surface area (Å²) in [6.45, 7) is -0.948. The molecule has 0 spiro atoms. The molecule has 0 aliphatic rings. The van der Waals surface area contributed by atoms with Gasteiger partial charge in [0.05, 0.1) is 5.69 Å². The quantitative estimate of drug-likeness (QED) is 0.856. The molecule has 2 N–H and O–H groups in total. The van der Waals surface area contributed by atoms with Gasteiger partial charge in [0.15, 0.2) is 0 Å². The first-order valence-electron chi connectivity index (χ1n) is 5.69. The lowest BCUT2D eigenvalue weighted by atomic mass is 10.2. The molecule has 0 aromatic heterocycles. The third-order valence-electron chi connectivity index (χ3n) is 2.35. The summed E-state index contributed by atoms with van der Waals surface area (Å²) in [5, 5.41) is 10.9. The number of aliphatic carboxylic acids is 1. The molecule has 1 aromatic carbocycles. The molecule has 0 radical (unpaired) electrons. The van der Waals surface area contributed by atoms with Crippen molar-refractivity contribution < 1.29 is 27.9 Å². The average Bonchev–Trinajstić information content (AvgIpc) is 2.30. The molecule has 21 heavy (non-hydrogen) atoms. The fourth-order valence-electron chi connectivity index (χ4n) is 1.51. The fraction of sp³-hybridized carbons (Fsp3) is 0.333. The van der Waals surface area contributed by atoms with Crippen LogP contribution in [0, 0.1) is 6.92 Å². The molecule has 5 nitrogen and oxygen atoms in total. The van der Waals surface area contributed by atoms with Gasteiger partial charge in [0, 0.05) is 4.47 Å². The minimum atomic E-state index is -4.68. The minimum absolute atomic E-state index is 0.178. The molecule has 0 saturated heterocycles. The number of carboxylic acids is 1. The molecule has 2 amide bonds. The number of aryl methyl sites for hydroxylation is 1. The van der Waals surface area contributed by atoms with Crippen molar-refractivity contribution >= 4 is 33.6 Å². The summed E-state index contributed by atoms with van der Waals surface area (Å²) < 4.78 is 37.6. The van der Waals surface area contributed by atoms with E-state index in [1.54, 1.807) is 25.1 Å². The largest absolute Gasteiger partial charge is 0.480 e. The maximum Gasteiger partial charge on any atom is 0.406 e. The number of benzene rings is 1. The van der Waals surface area contributed by atoms with Crippen molar-refractivity contribution in [3.05, 3.63) is 28.2 Å². The van der Waals surface area contributed by atoms with E-state index in [0.29, 0.717) is 4.47 Å². The zero-order chi connectivity index (χ0) is 16.2. The molecule has 116 valence electrons. The zero-order valence-corrected chi connectivity index (χ0v) is 12.5. The van der Waals surface area contributed by atoms with Gasteiger partial charge in [-0.05, 0) is 40.5 Å². The van der Waals surface area contributed by atoms with Crippen LogP contribution in [0.4, 0.5) is 23.7 Å². The van der Waals surface area contributed by atoms with E-state index in [4.69, 9.17) is 5.11 Å². The number of amides is 2. The highest BCUT2D eigenvalue weighted by molar-refractivity contribution is 9.10. The Hall–Kier alpha value is -1.77. The van der Waals surface area contributed by atoms with Crippen LogP contribution in [0.25, 0.3) is 0 Å². The third-order valence-corrected chi connectivity index (χ3v) is 3.04. The van der Waals surface area contributed by atoms with Gasteiger partial charge in [-0.3, -0.25) is 4.79 Å². The number of hydrogen-bond acceptors (Lipinski definition) is 2. The predicted octanol–water partition coefficient (Wildman–Crippen LogP) is 3.24.